The van der Waals surface area contributed by atoms with E-state index in [1.54, 1.807) is 18.2 Å². The van der Waals surface area contributed by atoms with Crippen LogP contribution in [0.15, 0.2) is 30.3 Å². The Kier molecular flexibility index (Phi) is 7.52. The van der Waals surface area contributed by atoms with Gasteiger partial charge in [0.15, 0.2) is 0 Å². The molecule has 14 heteroatoms. The topological polar surface area (TPSA) is 131 Å². The first-order valence-corrected chi connectivity index (χ1v) is 10.1. The van der Waals surface area contributed by atoms with Gasteiger partial charge in [-0.1, -0.05) is 12.1 Å². The van der Waals surface area contributed by atoms with Crippen molar-refractivity contribution in [2.75, 3.05) is 45.7 Å². The van der Waals surface area contributed by atoms with Crippen molar-refractivity contribution in [2.45, 2.75) is 6.36 Å². The summed E-state index contributed by atoms with van der Waals surface area (Å²) in [5.41, 5.74) is 0.340. The van der Waals surface area contributed by atoms with Crippen molar-refractivity contribution in [3.8, 4) is 22.9 Å². The summed E-state index contributed by atoms with van der Waals surface area (Å²) in [6.07, 6.45) is -7.21. The number of alkyl halides is 3. The van der Waals surface area contributed by atoms with Crippen molar-refractivity contribution in [3.05, 3.63) is 35.9 Å². The second-order valence-electron chi connectivity index (χ2n) is 7.20. The fraction of sp³-hybridized carbons (Fsp3) is 0.333. The molecule has 35 heavy (non-hydrogen) atoms. The van der Waals surface area contributed by atoms with E-state index in [1.165, 1.54) is 23.0 Å². The van der Waals surface area contributed by atoms with E-state index in [2.05, 4.69) is 19.8 Å². The zero-order valence-electron chi connectivity index (χ0n) is 18.6. The lowest BCUT2D eigenvalue weighted by atomic mass is 10.0. The number of carbonyl (C=O) groups is 3. The lowest BCUT2D eigenvalue weighted by molar-refractivity contribution is -0.275. The highest BCUT2D eigenvalue weighted by molar-refractivity contribution is 5.96. The Balaban J connectivity index is 1.96. The molecule has 0 aliphatic carbocycles. The third kappa shape index (κ3) is 6.22. The molecule has 1 saturated heterocycles. The summed E-state index contributed by atoms with van der Waals surface area (Å²) in [4.78, 5) is 42.2. The highest BCUT2D eigenvalue weighted by Gasteiger charge is 2.34. The van der Waals surface area contributed by atoms with Crippen molar-refractivity contribution in [1.29, 1.82) is 0 Å². The fourth-order valence-electron chi connectivity index (χ4n) is 3.38. The van der Waals surface area contributed by atoms with Crippen molar-refractivity contribution >= 4 is 23.8 Å². The van der Waals surface area contributed by atoms with E-state index >= 15 is 0 Å². The van der Waals surface area contributed by atoms with Gasteiger partial charge in [0.2, 0.25) is 11.8 Å². The maximum atomic E-state index is 13.0. The van der Waals surface area contributed by atoms with Crippen molar-refractivity contribution in [3.63, 3.8) is 0 Å². The Morgan fingerprint density at radius 3 is 2.26 bits per heavy atom. The Morgan fingerprint density at radius 1 is 1.03 bits per heavy atom. The summed E-state index contributed by atoms with van der Waals surface area (Å²) >= 11 is 0. The molecule has 3 rings (SSSR count). The fourth-order valence-corrected chi connectivity index (χ4v) is 3.38. The Morgan fingerprint density at radius 2 is 1.69 bits per heavy atom. The summed E-state index contributed by atoms with van der Waals surface area (Å²) in [5, 5.41) is 11.2. The van der Waals surface area contributed by atoms with Gasteiger partial charge in [-0.3, -0.25) is 10.1 Å². The molecule has 1 aliphatic heterocycles. The molecule has 0 saturated carbocycles. The van der Waals surface area contributed by atoms with Crippen LogP contribution in [-0.4, -0.2) is 84.7 Å². The van der Waals surface area contributed by atoms with E-state index in [0.717, 1.165) is 13.2 Å². The molecule has 1 aromatic heterocycles. The molecule has 0 atom stereocenters. The molecule has 2 heterocycles. The van der Waals surface area contributed by atoms with Crippen LogP contribution >= 0.6 is 0 Å². The third-order valence-corrected chi connectivity index (χ3v) is 5.04. The van der Waals surface area contributed by atoms with E-state index in [0.29, 0.717) is 5.56 Å². The van der Waals surface area contributed by atoms with Gasteiger partial charge < -0.3 is 29.1 Å². The first-order chi connectivity index (χ1) is 16.5. The monoisotopic (exact) mass is 498 g/mol. The van der Waals surface area contributed by atoms with Gasteiger partial charge in [0.1, 0.15) is 5.69 Å². The number of piperazine rings is 1. The lowest BCUT2D eigenvalue weighted by Gasteiger charge is -2.33. The Bertz CT molecular complexity index is 1120. The second kappa shape index (κ2) is 10.4. The SMILES string of the molecule is COC(=O)Nc1cc(-c2cccc(C(=O)N3CCN(C(=O)O)CC3)c2)c(OC)nc1OC(F)(F)F. The summed E-state index contributed by atoms with van der Waals surface area (Å²) in [6, 6.07) is 7.31. The summed E-state index contributed by atoms with van der Waals surface area (Å²) in [6.45, 7) is 0.747. The van der Waals surface area contributed by atoms with Gasteiger partial charge in [-0.2, -0.15) is 4.98 Å². The highest BCUT2D eigenvalue weighted by atomic mass is 19.4. The zero-order valence-corrected chi connectivity index (χ0v) is 18.6. The van der Waals surface area contributed by atoms with E-state index in [-0.39, 0.29) is 49.1 Å². The second-order valence-corrected chi connectivity index (χ2v) is 7.20. The van der Waals surface area contributed by atoms with Crippen LogP contribution in [0.5, 0.6) is 11.8 Å². The number of hydrogen-bond acceptors (Lipinski definition) is 7. The van der Waals surface area contributed by atoms with Gasteiger partial charge in [-0.25, -0.2) is 9.59 Å². The number of hydrogen-bond donors (Lipinski definition) is 2. The predicted molar refractivity (Wildman–Crippen MR) is 114 cm³/mol. The van der Waals surface area contributed by atoms with Crippen LogP contribution in [0.3, 0.4) is 0 Å². The van der Waals surface area contributed by atoms with E-state index < -0.39 is 30.1 Å². The number of halogens is 3. The van der Waals surface area contributed by atoms with Crippen LogP contribution in [0.2, 0.25) is 0 Å². The average Bonchev–Trinajstić information content (AvgIpc) is 2.83. The summed E-state index contributed by atoms with van der Waals surface area (Å²) < 4.78 is 52.1. The maximum absolute atomic E-state index is 13.0. The van der Waals surface area contributed by atoms with Crippen molar-refractivity contribution in [1.82, 2.24) is 14.8 Å². The van der Waals surface area contributed by atoms with Gasteiger partial charge in [-0.15, -0.1) is 13.2 Å². The molecule has 0 unspecified atom stereocenters. The third-order valence-electron chi connectivity index (χ3n) is 5.04. The molecule has 1 fully saturated rings. The number of anilines is 1. The molecule has 188 valence electrons. The number of amides is 3. The number of methoxy groups -OCH3 is 2. The van der Waals surface area contributed by atoms with Gasteiger partial charge in [0, 0.05) is 37.3 Å². The number of aromatic nitrogens is 1. The number of ether oxygens (including phenoxy) is 3. The van der Waals surface area contributed by atoms with Crippen LogP contribution in [0.4, 0.5) is 28.4 Å². The molecular weight excluding hydrogens is 477 g/mol. The van der Waals surface area contributed by atoms with Crippen molar-refractivity contribution < 1.29 is 46.9 Å². The molecule has 11 nitrogen and oxygen atoms in total. The molecule has 0 radical (unpaired) electrons. The lowest BCUT2D eigenvalue weighted by Crippen LogP contribution is -2.50. The smallest absolute Gasteiger partial charge is 0.480 e. The normalized spacial score (nSPS) is 13.7. The van der Waals surface area contributed by atoms with Crippen LogP contribution < -0.4 is 14.8 Å². The Labute approximate surface area is 197 Å². The zero-order chi connectivity index (χ0) is 25.8. The average molecular weight is 498 g/mol. The van der Waals surface area contributed by atoms with Crippen LogP contribution in [0.1, 0.15) is 10.4 Å². The van der Waals surface area contributed by atoms with Crippen LogP contribution in [-0.2, 0) is 4.74 Å². The molecular formula is C21H21F3N4O7. The number of nitrogens with one attached hydrogen (secondary N) is 1. The first kappa shape index (κ1) is 25.4. The number of nitrogens with zero attached hydrogens (tertiary/aromatic N) is 3. The summed E-state index contributed by atoms with van der Waals surface area (Å²) in [5.74, 6) is -1.57. The van der Waals surface area contributed by atoms with Gasteiger partial charge in [-0.05, 0) is 23.8 Å². The minimum absolute atomic E-state index is 0.166. The molecule has 0 bridgehead atoms. The molecule has 3 amide bonds. The Hall–Kier alpha value is -4.23. The van der Waals surface area contributed by atoms with Crippen LogP contribution in [0, 0.1) is 0 Å². The minimum Gasteiger partial charge on any atom is -0.480 e. The largest absolute Gasteiger partial charge is 0.574 e. The van der Waals surface area contributed by atoms with E-state index in [1.807, 2.05) is 0 Å². The van der Waals surface area contributed by atoms with Gasteiger partial charge in [0.05, 0.1) is 14.2 Å². The van der Waals surface area contributed by atoms with Crippen LogP contribution in [0.25, 0.3) is 11.1 Å². The quantitative estimate of drug-likeness (QED) is 0.643. The minimum atomic E-state index is -5.09. The van der Waals surface area contributed by atoms with E-state index in [9.17, 15) is 27.6 Å². The maximum Gasteiger partial charge on any atom is 0.574 e. The molecule has 0 spiro atoms. The molecule has 1 aromatic carbocycles. The highest BCUT2D eigenvalue weighted by Crippen LogP contribution is 2.38. The molecule has 2 aromatic rings. The standard InChI is InChI=1S/C21H21F3N4O7/c1-33-16-14(11-15(25-19(30)34-2)17(26-16)35-21(22,23)24)12-4-3-5-13(10-12)18(29)27-6-8-28(9-7-27)20(31)32/h3-5,10-11H,6-9H2,1-2H3,(H,25,30)(H,31,32). The first-order valence-electron chi connectivity index (χ1n) is 10.1. The number of pyridine rings is 1. The van der Waals surface area contributed by atoms with Gasteiger partial charge in [0.25, 0.3) is 5.91 Å². The summed E-state index contributed by atoms with van der Waals surface area (Å²) in [7, 11) is 2.22. The van der Waals surface area contributed by atoms with E-state index in [4.69, 9.17) is 9.84 Å². The molecule has 1 aliphatic rings. The molecule has 2 N–H and O–H groups in total. The number of carboxylic acid groups (broad SMARTS) is 1. The predicted octanol–water partition coefficient (Wildman–Crippen LogP) is 3.27. The number of rotatable bonds is 5. The number of benzene rings is 1. The number of carbonyl (C=O) groups excluding carboxylic acids is 2. The van der Waals surface area contributed by atoms with Crippen molar-refractivity contribution in [2.24, 2.45) is 0 Å². The van der Waals surface area contributed by atoms with Gasteiger partial charge >= 0.3 is 18.5 Å².